The van der Waals surface area contributed by atoms with Crippen molar-refractivity contribution < 1.29 is 9.53 Å². The van der Waals surface area contributed by atoms with Gasteiger partial charge in [-0.2, -0.15) is 0 Å². The second-order valence-corrected chi connectivity index (χ2v) is 6.82. The molecule has 0 heterocycles. The number of benzene rings is 3. The maximum absolute atomic E-state index is 11.9. The molecule has 4 nitrogen and oxygen atoms in total. The fourth-order valence-corrected chi connectivity index (χ4v) is 2.75. The number of anilines is 1. The van der Waals surface area contributed by atoms with Crippen LogP contribution >= 0.6 is 11.6 Å². The van der Waals surface area contributed by atoms with Crippen LogP contribution in [0.4, 0.5) is 5.69 Å². The molecule has 3 aromatic rings. The molecule has 0 saturated carbocycles. The lowest BCUT2D eigenvalue weighted by Crippen LogP contribution is -2.24. The quantitative estimate of drug-likeness (QED) is 0.534. The molecular weight excluding hydrogens is 372 g/mol. The summed E-state index contributed by atoms with van der Waals surface area (Å²) in [6, 6.07) is 25.2. The van der Waals surface area contributed by atoms with Gasteiger partial charge in [0, 0.05) is 30.2 Å². The van der Waals surface area contributed by atoms with Crippen LogP contribution in [0, 0.1) is 0 Å². The molecule has 0 atom stereocenters. The zero-order valence-corrected chi connectivity index (χ0v) is 16.3. The SMILES string of the molecule is O=C(CCNc1ccc(OCc2ccc(Cl)cc2)cc1)NCc1ccccc1. The summed E-state index contributed by atoms with van der Waals surface area (Å²) in [7, 11) is 0. The van der Waals surface area contributed by atoms with Crippen LogP contribution in [0.15, 0.2) is 78.9 Å². The molecule has 3 aromatic carbocycles. The molecule has 3 rings (SSSR count). The monoisotopic (exact) mass is 394 g/mol. The molecule has 0 aliphatic carbocycles. The summed E-state index contributed by atoms with van der Waals surface area (Å²) in [5.41, 5.74) is 3.11. The summed E-state index contributed by atoms with van der Waals surface area (Å²) >= 11 is 5.88. The Morgan fingerprint density at radius 3 is 2.29 bits per heavy atom. The van der Waals surface area contributed by atoms with Crippen LogP contribution in [0.25, 0.3) is 0 Å². The molecule has 0 spiro atoms. The Bertz CT molecular complexity index is 865. The first kappa shape index (κ1) is 19.8. The van der Waals surface area contributed by atoms with Crippen molar-refractivity contribution in [1.82, 2.24) is 5.32 Å². The summed E-state index contributed by atoms with van der Waals surface area (Å²) in [4.78, 5) is 11.9. The maximum Gasteiger partial charge on any atom is 0.222 e. The Morgan fingerprint density at radius 1 is 0.857 bits per heavy atom. The Balaban J connectivity index is 1.35. The van der Waals surface area contributed by atoms with Crippen molar-refractivity contribution in [3.8, 4) is 5.75 Å². The average Bonchev–Trinajstić information content (AvgIpc) is 2.73. The molecule has 2 N–H and O–H groups in total. The van der Waals surface area contributed by atoms with E-state index in [-0.39, 0.29) is 5.91 Å². The molecule has 0 aliphatic heterocycles. The van der Waals surface area contributed by atoms with E-state index in [0.717, 1.165) is 22.6 Å². The van der Waals surface area contributed by atoms with Crippen molar-refractivity contribution >= 4 is 23.2 Å². The average molecular weight is 395 g/mol. The van der Waals surface area contributed by atoms with Gasteiger partial charge in [0.1, 0.15) is 12.4 Å². The number of hydrogen-bond acceptors (Lipinski definition) is 3. The molecular formula is C23H23ClN2O2. The molecule has 1 amide bonds. The first-order valence-corrected chi connectivity index (χ1v) is 9.59. The molecule has 144 valence electrons. The number of carbonyl (C=O) groups is 1. The third kappa shape index (κ3) is 6.63. The summed E-state index contributed by atoms with van der Waals surface area (Å²) in [5, 5.41) is 6.89. The van der Waals surface area contributed by atoms with Crippen molar-refractivity contribution in [2.75, 3.05) is 11.9 Å². The zero-order chi connectivity index (χ0) is 19.6. The molecule has 28 heavy (non-hydrogen) atoms. The van der Waals surface area contributed by atoms with Gasteiger partial charge in [0.2, 0.25) is 5.91 Å². The number of amides is 1. The van der Waals surface area contributed by atoms with Gasteiger partial charge in [0.25, 0.3) is 0 Å². The summed E-state index contributed by atoms with van der Waals surface area (Å²) in [6.45, 7) is 1.62. The highest BCUT2D eigenvalue weighted by Crippen LogP contribution is 2.18. The van der Waals surface area contributed by atoms with E-state index in [0.29, 0.717) is 31.1 Å². The second kappa shape index (κ2) is 10.4. The van der Waals surface area contributed by atoms with Crippen LogP contribution in [-0.4, -0.2) is 12.5 Å². The van der Waals surface area contributed by atoms with Crippen LogP contribution in [0.2, 0.25) is 5.02 Å². The Kier molecular flexibility index (Phi) is 7.33. The molecule has 0 fully saturated rings. The molecule has 0 saturated heterocycles. The lowest BCUT2D eigenvalue weighted by Gasteiger charge is -2.10. The van der Waals surface area contributed by atoms with Crippen LogP contribution in [0.3, 0.4) is 0 Å². The van der Waals surface area contributed by atoms with Gasteiger partial charge in [-0.25, -0.2) is 0 Å². The van der Waals surface area contributed by atoms with Crippen molar-refractivity contribution in [3.63, 3.8) is 0 Å². The minimum absolute atomic E-state index is 0.0271. The molecule has 0 bridgehead atoms. The number of nitrogens with one attached hydrogen (secondary N) is 2. The summed E-state index contributed by atoms with van der Waals surface area (Å²) in [6.07, 6.45) is 0.418. The highest BCUT2D eigenvalue weighted by atomic mass is 35.5. The molecule has 0 unspecified atom stereocenters. The predicted octanol–water partition coefficient (Wildman–Crippen LogP) is 5.04. The minimum atomic E-state index is 0.0271. The van der Waals surface area contributed by atoms with Crippen molar-refractivity contribution in [1.29, 1.82) is 0 Å². The molecule has 5 heteroatoms. The number of hydrogen-bond donors (Lipinski definition) is 2. The van der Waals surface area contributed by atoms with Crippen LogP contribution in [-0.2, 0) is 17.9 Å². The van der Waals surface area contributed by atoms with E-state index in [1.807, 2.05) is 78.9 Å². The lowest BCUT2D eigenvalue weighted by atomic mass is 10.2. The Morgan fingerprint density at radius 2 is 1.57 bits per heavy atom. The van der Waals surface area contributed by atoms with Gasteiger partial charge in [-0.05, 0) is 47.5 Å². The van der Waals surface area contributed by atoms with Gasteiger partial charge in [-0.1, -0.05) is 54.1 Å². The number of carbonyl (C=O) groups excluding carboxylic acids is 1. The van der Waals surface area contributed by atoms with Gasteiger partial charge < -0.3 is 15.4 Å². The first-order valence-electron chi connectivity index (χ1n) is 9.21. The largest absolute Gasteiger partial charge is 0.489 e. The van der Waals surface area contributed by atoms with Gasteiger partial charge in [0.15, 0.2) is 0 Å². The van der Waals surface area contributed by atoms with E-state index in [2.05, 4.69) is 10.6 Å². The predicted molar refractivity (Wildman–Crippen MR) is 114 cm³/mol. The maximum atomic E-state index is 11.9. The van der Waals surface area contributed by atoms with Crippen molar-refractivity contribution in [2.24, 2.45) is 0 Å². The Hall–Kier alpha value is -2.98. The summed E-state index contributed by atoms with van der Waals surface area (Å²) in [5.74, 6) is 0.820. The molecule has 0 aliphatic rings. The minimum Gasteiger partial charge on any atom is -0.489 e. The Labute approximate surface area is 170 Å². The van der Waals surface area contributed by atoms with E-state index >= 15 is 0 Å². The number of ether oxygens (including phenoxy) is 1. The zero-order valence-electron chi connectivity index (χ0n) is 15.5. The van der Waals surface area contributed by atoms with Crippen LogP contribution < -0.4 is 15.4 Å². The second-order valence-electron chi connectivity index (χ2n) is 6.38. The third-order valence-electron chi connectivity index (χ3n) is 4.19. The van der Waals surface area contributed by atoms with E-state index in [1.54, 1.807) is 0 Å². The molecule has 0 aromatic heterocycles. The van der Waals surface area contributed by atoms with Gasteiger partial charge in [0.05, 0.1) is 0 Å². The molecule has 0 radical (unpaired) electrons. The van der Waals surface area contributed by atoms with Crippen molar-refractivity contribution in [3.05, 3.63) is 95.0 Å². The highest BCUT2D eigenvalue weighted by Gasteiger charge is 2.02. The standard InChI is InChI=1S/C23H23ClN2O2/c24-20-8-6-19(7-9-20)17-28-22-12-10-21(11-13-22)25-15-14-23(27)26-16-18-4-2-1-3-5-18/h1-13,25H,14-17H2,(H,26,27). The highest BCUT2D eigenvalue weighted by molar-refractivity contribution is 6.30. The van der Waals surface area contributed by atoms with Crippen molar-refractivity contribution in [2.45, 2.75) is 19.6 Å². The van der Waals surface area contributed by atoms with E-state index in [4.69, 9.17) is 16.3 Å². The van der Waals surface area contributed by atoms with Crippen LogP contribution in [0.5, 0.6) is 5.75 Å². The first-order chi connectivity index (χ1) is 13.7. The van der Waals surface area contributed by atoms with Gasteiger partial charge in [-0.15, -0.1) is 0 Å². The van der Waals surface area contributed by atoms with Crippen LogP contribution in [0.1, 0.15) is 17.5 Å². The number of rotatable bonds is 9. The fraction of sp³-hybridized carbons (Fsp3) is 0.174. The smallest absolute Gasteiger partial charge is 0.222 e. The van der Waals surface area contributed by atoms with Gasteiger partial charge in [-0.3, -0.25) is 4.79 Å². The van der Waals surface area contributed by atoms with E-state index < -0.39 is 0 Å². The lowest BCUT2D eigenvalue weighted by molar-refractivity contribution is -0.121. The fourth-order valence-electron chi connectivity index (χ4n) is 2.62. The topological polar surface area (TPSA) is 50.4 Å². The number of halogens is 1. The van der Waals surface area contributed by atoms with E-state index in [1.165, 1.54) is 0 Å². The van der Waals surface area contributed by atoms with E-state index in [9.17, 15) is 4.79 Å². The van der Waals surface area contributed by atoms with Gasteiger partial charge >= 0.3 is 0 Å². The summed E-state index contributed by atoms with van der Waals surface area (Å²) < 4.78 is 5.77. The third-order valence-corrected chi connectivity index (χ3v) is 4.44. The normalized spacial score (nSPS) is 10.3.